The first-order chi connectivity index (χ1) is 9.17. The lowest BCUT2D eigenvalue weighted by atomic mass is 10.0. The zero-order chi connectivity index (χ0) is 15.8. The van der Waals surface area contributed by atoms with Crippen molar-refractivity contribution in [2.75, 3.05) is 19.8 Å². The van der Waals surface area contributed by atoms with Crippen LogP contribution in [0.3, 0.4) is 0 Å². The van der Waals surface area contributed by atoms with Crippen LogP contribution in [0, 0.1) is 0 Å². The fraction of sp³-hybridized carbons (Fsp3) is 1.00. The quantitative estimate of drug-likeness (QED) is 0.633. The average molecular weight is 306 g/mol. The molecule has 0 amide bonds. The summed E-state index contributed by atoms with van der Waals surface area (Å²) in [6.45, 7) is 18.3. The molecule has 0 rings (SSSR count). The van der Waals surface area contributed by atoms with Gasteiger partial charge in [-0.1, -0.05) is 21.3 Å². The zero-order valence-corrected chi connectivity index (χ0v) is 14.7. The standard InChI is InChI=1S/C16H35NO3.CH4/c1-12(2)17-16(9-18-13(3)4,10-19-14(5)6)11-20-15(7)8;/h12-15,17H,9-11H2,1-8H3;1H4. The summed E-state index contributed by atoms with van der Waals surface area (Å²) in [4.78, 5) is 0. The minimum atomic E-state index is -0.299. The zero-order valence-electron chi connectivity index (χ0n) is 14.7. The van der Waals surface area contributed by atoms with E-state index in [0.717, 1.165) is 0 Å². The van der Waals surface area contributed by atoms with Gasteiger partial charge in [0.1, 0.15) is 0 Å². The predicted octanol–water partition coefficient (Wildman–Crippen LogP) is 3.63. The molecule has 0 aromatic heterocycles. The lowest BCUT2D eigenvalue weighted by Crippen LogP contribution is -2.59. The summed E-state index contributed by atoms with van der Waals surface area (Å²) in [5, 5.41) is 3.58. The Hall–Kier alpha value is -0.160. The van der Waals surface area contributed by atoms with Gasteiger partial charge in [-0.15, -0.1) is 0 Å². The second-order valence-electron chi connectivity index (χ2n) is 6.66. The minimum absolute atomic E-state index is 0. The SMILES string of the molecule is C.CC(C)NC(COC(C)C)(COC(C)C)COC(C)C. The van der Waals surface area contributed by atoms with Crippen LogP contribution in [0.15, 0.2) is 0 Å². The summed E-state index contributed by atoms with van der Waals surface area (Å²) >= 11 is 0. The van der Waals surface area contributed by atoms with Crippen LogP contribution in [0.25, 0.3) is 0 Å². The van der Waals surface area contributed by atoms with E-state index in [2.05, 4.69) is 19.2 Å². The van der Waals surface area contributed by atoms with E-state index in [0.29, 0.717) is 25.9 Å². The molecule has 0 aliphatic heterocycles. The molecule has 130 valence electrons. The Labute approximate surface area is 132 Å². The summed E-state index contributed by atoms with van der Waals surface area (Å²) in [6, 6.07) is 0.345. The van der Waals surface area contributed by atoms with Gasteiger partial charge in [0.15, 0.2) is 0 Å². The first kappa shape index (κ1) is 23.1. The number of hydrogen-bond donors (Lipinski definition) is 1. The van der Waals surface area contributed by atoms with E-state index < -0.39 is 0 Å². The van der Waals surface area contributed by atoms with Crippen LogP contribution >= 0.6 is 0 Å². The monoisotopic (exact) mass is 305 g/mol. The van der Waals surface area contributed by atoms with Gasteiger partial charge in [-0.05, 0) is 41.5 Å². The molecule has 4 nitrogen and oxygen atoms in total. The second-order valence-corrected chi connectivity index (χ2v) is 6.66. The Kier molecular flexibility index (Phi) is 12.6. The molecule has 0 atom stereocenters. The third kappa shape index (κ3) is 12.1. The van der Waals surface area contributed by atoms with E-state index in [1.165, 1.54) is 0 Å². The van der Waals surface area contributed by atoms with Crippen LogP contribution < -0.4 is 5.32 Å². The van der Waals surface area contributed by atoms with Crippen molar-refractivity contribution < 1.29 is 14.2 Å². The Morgan fingerprint density at radius 3 is 1.14 bits per heavy atom. The Morgan fingerprint density at radius 1 is 0.667 bits per heavy atom. The van der Waals surface area contributed by atoms with Crippen molar-refractivity contribution in [3.8, 4) is 0 Å². The van der Waals surface area contributed by atoms with Crippen molar-refractivity contribution in [2.24, 2.45) is 0 Å². The summed E-state index contributed by atoms with van der Waals surface area (Å²) < 4.78 is 17.6. The van der Waals surface area contributed by atoms with E-state index in [9.17, 15) is 0 Å². The highest BCUT2D eigenvalue weighted by Crippen LogP contribution is 2.13. The fourth-order valence-corrected chi connectivity index (χ4v) is 1.84. The van der Waals surface area contributed by atoms with Gasteiger partial charge in [0.2, 0.25) is 0 Å². The average Bonchev–Trinajstić information content (AvgIpc) is 2.30. The molecule has 0 heterocycles. The van der Waals surface area contributed by atoms with Crippen LogP contribution in [-0.2, 0) is 14.2 Å². The van der Waals surface area contributed by atoms with Gasteiger partial charge < -0.3 is 19.5 Å². The molecule has 0 unspecified atom stereocenters. The number of nitrogens with one attached hydrogen (secondary N) is 1. The highest BCUT2D eigenvalue weighted by molar-refractivity contribution is 4.90. The Balaban J connectivity index is 0. The molecule has 0 spiro atoms. The summed E-state index contributed by atoms with van der Waals surface area (Å²) in [5.41, 5.74) is -0.299. The molecule has 0 aromatic carbocycles. The molecule has 0 aliphatic carbocycles. The molecule has 0 aromatic rings. The summed E-state index contributed by atoms with van der Waals surface area (Å²) in [7, 11) is 0. The maximum Gasteiger partial charge on any atom is 0.0892 e. The highest BCUT2D eigenvalue weighted by Gasteiger charge is 2.33. The van der Waals surface area contributed by atoms with E-state index in [1.807, 2.05) is 41.5 Å². The van der Waals surface area contributed by atoms with Crippen molar-refractivity contribution >= 4 is 0 Å². The van der Waals surface area contributed by atoms with E-state index in [-0.39, 0.29) is 31.3 Å². The topological polar surface area (TPSA) is 39.7 Å². The predicted molar refractivity (Wildman–Crippen MR) is 91.0 cm³/mol. The summed E-state index contributed by atoms with van der Waals surface area (Å²) in [6.07, 6.45) is 0.587. The lowest BCUT2D eigenvalue weighted by molar-refractivity contribution is -0.0762. The van der Waals surface area contributed by atoms with Gasteiger partial charge >= 0.3 is 0 Å². The molecule has 0 fully saturated rings. The van der Waals surface area contributed by atoms with Crippen LogP contribution in [0.1, 0.15) is 62.8 Å². The van der Waals surface area contributed by atoms with Crippen molar-refractivity contribution in [2.45, 2.75) is 92.7 Å². The van der Waals surface area contributed by atoms with Crippen LogP contribution in [-0.4, -0.2) is 49.7 Å². The number of ether oxygens (including phenoxy) is 3. The van der Waals surface area contributed by atoms with Crippen LogP contribution in [0.2, 0.25) is 0 Å². The van der Waals surface area contributed by atoms with Gasteiger partial charge in [-0.2, -0.15) is 0 Å². The molecule has 4 heteroatoms. The Morgan fingerprint density at radius 2 is 0.952 bits per heavy atom. The van der Waals surface area contributed by atoms with E-state index >= 15 is 0 Å². The maximum absolute atomic E-state index is 5.85. The van der Waals surface area contributed by atoms with Gasteiger partial charge in [0, 0.05) is 6.04 Å². The fourth-order valence-electron chi connectivity index (χ4n) is 1.84. The molecule has 0 saturated carbocycles. The molecule has 0 saturated heterocycles. The first-order valence-electron chi connectivity index (χ1n) is 7.79. The summed E-state index contributed by atoms with van der Waals surface area (Å²) in [5.74, 6) is 0. The molecular formula is C17H39NO3. The normalized spacial score (nSPS) is 12.6. The largest absolute Gasteiger partial charge is 0.377 e. The van der Waals surface area contributed by atoms with Crippen molar-refractivity contribution in [3.05, 3.63) is 0 Å². The van der Waals surface area contributed by atoms with E-state index in [1.54, 1.807) is 0 Å². The molecule has 1 N–H and O–H groups in total. The minimum Gasteiger partial charge on any atom is -0.377 e. The molecular weight excluding hydrogens is 266 g/mol. The maximum atomic E-state index is 5.85. The number of hydrogen-bond acceptors (Lipinski definition) is 4. The second kappa shape index (κ2) is 11.4. The van der Waals surface area contributed by atoms with Crippen molar-refractivity contribution in [3.63, 3.8) is 0 Å². The van der Waals surface area contributed by atoms with Crippen molar-refractivity contribution in [1.29, 1.82) is 0 Å². The molecule has 0 radical (unpaired) electrons. The first-order valence-corrected chi connectivity index (χ1v) is 7.79. The van der Waals surface area contributed by atoms with Crippen molar-refractivity contribution in [1.82, 2.24) is 5.32 Å². The van der Waals surface area contributed by atoms with E-state index in [4.69, 9.17) is 14.2 Å². The third-order valence-corrected chi connectivity index (χ3v) is 2.67. The van der Waals surface area contributed by atoms with Gasteiger partial charge in [0.05, 0.1) is 43.7 Å². The van der Waals surface area contributed by atoms with Gasteiger partial charge in [-0.25, -0.2) is 0 Å². The van der Waals surface area contributed by atoms with Gasteiger partial charge in [0.25, 0.3) is 0 Å². The number of rotatable bonds is 11. The van der Waals surface area contributed by atoms with Crippen LogP contribution in [0.4, 0.5) is 0 Å². The third-order valence-electron chi connectivity index (χ3n) is 2.67. The lowest BCUT2D eigenvalue weighted by Gasteiger charge is -2.37. The Bertz CT molecular complexity index is 209. The molecule has 0 bridgehead atoms. The smallest absolute Gasteiger partial charge is 0.0892 e. The highest BCUT2D eigenvalue weighted by atomic mass is 16.5. The van der Waals surface area contributed by atoms with Crippen LogP contribution in [0.5, 0.6) is 0 Å². The molecule has 21 heavy (non-hydrogen) atoms. The van der Waals surface area contributed by atoms with Gasteiger partial charge in [-0.3, -0.25) is 0 Å². The molecule has 0 aliphatic rings.